The summed E-state index contributed by atoms with van der Waals surface area (Å²) in [4.78, 5) is 13.9. The maximum absolute atomic E-state index is 12.0. The largest absolute Gasteiger partial charge is 0.372 e. The molecule has 4 heteroatoms. The van der Waals surface area contributed by atoms with Gasteiger partial charge in [-0.05, 0) is 31.7 Å². The van der Waals surface area contributed by atoms with E-state index in [1.165, 1.54) is 0 Å². The van der Waals surface area contributed by atoms with E-state index in [0.717, 1.165) is 32.4 Å². The molecule has 2 unspecified atom stereocenters. The van der Waals surface area contributed by atoms with Crippen LogP contribution in [0.15, 0.2) is 0 Å². The number of carbonyl (C=O) groups is 1. The van der Waals surface area contributed by atoms with E-state index in [4.69, 9.17) is 10.5 Å². The van der Waals surface area contributed by atoms with Crippen LogP contribution < -0.4 is 5.73 Å². The van der Waals surface area contributed by atoms with E-state index in [0.29, 0.717) is 12.5 Å². The number of ether oxygens (including phenoxy) is 1. The van der Waals surface area contributed by atoms with Crippen LogP contribution >= 0.6 is 0 Å². The lowest BCUT2D eigenvalue weighted by Gasteiger charge is -2.34. The Morgan fingerprint density at radius 3 is 2.93 bits per heavy atom. The fourth-order valence-electron chi connectivity index (χ4n) is 2.10. The molecular weight excluding hydrogens is 192 g/mol. The molecule has 1 fully saturated rings. The van der Waals surface area contributed by atoms with Gasteiger partial charge in [-0.25, -0.2) is 0 Å². The Morgan fingerprint density at radius 2 is 2.40 bits per heavy atom. The van der Waals surface area contributed by atoms with Crippen molar-refractivity contribution in [2.75, 3.05) is 26.7 Å². The highest BCUT2D eigenvalue weighted by Gasteiger charge is 2.27. The van der Waals surface area contributed by atoms with E-state index in [2.05, 4.69) is 0 Å². The van der Waals surface area contributed by atoms with E-state index >= 15 is 0 Å². The summed E-state index contributed by atoms with van der Waals surface area (Å²) < 4.78 is 5.16. The molecule has 2 atom stereocenters. The van der Waals surface area contributed by atoms with Crippen LogP contribution in [0, 0.1) is 5.92 Å². The lowest BCUT2D eigenvalue weighted by molar-refractivity contribution is -0.143. The first-order chi connectivity index (χ1) is 7.22. The molecule has 0 spiro atoms. The number of rotatable bonds is 4. The van der Waals surface area contributed by atoms with Crippen molar-refractivity contribution >= 4 is 5.91 Å². The maximum atomic E-state index is 12.0. The zero-order chi connectivity index (χ0) is 11.3. The Labute approximate surface area is 91.8 Å². The first-order valence-electron chi connectivity index (χ1n) is 5.74. The number of amides is 1. The second-order valence-electron chi connectivity index (χ2n) is 4.16. The fourth-order valence-corrected chi connectivity index (χ4v) is 2.10. The molecule has 0 radical (unpaired) electrons. The summed E-state index contributed by atoms with van der Waals surface area (Å²) in [5.41, 5.74) is 5.64. The van der Waals surface area contributed by atoms with Crippen LogP contribution in [0.1, 0.15) is 26.2 Å². The van der Waals surface area contributed by atoms with Crippen LogP contribution in [-0.4, -0.2) is 43.7 Å². The molecule has 0 aromatic carbocycles. The Kier molecular flexibility index (Phi) is 5.05. The molecule has 2 N–H and O–H groups in total. The molecule has 1 rings (SSSR count). The zero-order valence-electron chi connectivity index (χ0n) is 9.74. The first kappa shape index (κ1) is 12.5. The first-order valence-corrected chi connectivity index (χ1v) is 5.74. The Morgan fingerprint density at radius 1 is 1.67 bits per heavy atom. The third kappa shape index (κ3) is 3.18. The lowest BCUT2D eigenvalue weighted by Crippen LogP contribution is -2.46. The van der Waals surface area contributed by atoms with Crippen molar-refractivity contribution in [2.45, 2.75) is 32.3 Å². The molecule has 1 aliphatic rings. The van der Waals surface area contributed by atoms with Crippen molar-refractivity contribution in [3.8, 4) is 0 Å². The Bertz CT molecular complexity index is 205. The van der Waals surface area contributed by atoms with Crippen molar-refractivity contribution < 1.29 is 9.53 Å². The summed E-state index contributed by atoms with van der Waals surface area (Å²) >= 11 is 0. The molecule has 1 saturated heterocycles. The number of nitrogens with two attached hydrogens (primary N) is 1. The summed E-state index contributed by atoms with van der Waals surface area (Å²) in [6, 6.07) is 0. The van der Waals surface area contributed by atoms with Gasteiger partial charge < -0.3 is 15.4 Å². The number of hydrogen-bond acceptors (Lipinski definition) is 3. The molecule has 1 heterocycles. The van der Waals surface area contributed by atoms with E-state index in [-0.39, 0.29) is 12.0 Å². The average Bonchev–Trinajstić information content (AvgIpc) is 2.30. The quantitative estimate of drug-likeness (QED) is 0.746. The second-order valence-corrected chi connectivity index (χ2v) is 4.16. The van der Waals surface area contributed by atoms with Gasteiger partial charge in [-0.15, -0.1) is 0 Å². The smallest absolute Gasteiger partial charge is 0.251 e. The van der Waals surface area contributed by atoms with E-state index in [9.17, 15) is 4.79 Å². The molecule has 0 aromatic heterocycles. The normalized spacial score (nSPS) is 23.9. The van der Waals surface area contributed by atoms with Gasteiger partial charge in [0.05, 0.1) is 0 Å². The van der Waals surface area contributed by atoms with Crippen molar-refractivity contribution in [3.05, 3.63) is 0 Å². The second kappa shape index (κ2) is 6.08. The summed E-state index contributed by atoms with van der Waals surface area (Å²) in [6.07, 6.45) is 2.67. The predicted octanol–water partition coefficient (Wildman–Crippen LogP) is 0.609. The van der Waals surface area contributed by atoms with Gasteiger partial charge in [0.1, 0.15) is 6.10 Å². The molecule has 4 nitrogen and oxygen atoms in total. The van der Waals surface area contributed by atoms with E-state index < -0.39 is 0 Å². The summed E-state index contributed by atoms with van der Waals surface area (Å²) in [7, 11) is 1.59. The number of nitrogens with zero attached hydrogens (tertiary/aromatic N) is 1. The van der Waals surface area contributed by atoms with Crippen LogP contribution in [0.2, 0.25) is 0 Å². The highest BCUT2D eigenvalue weighted by molar-refractivity contribution is 5.81. The molecule has 0 saturated carbocycles. The summed E-state index contributed by atoms with van der Waals surface area (Å²) in [5.74, 6) is 0.593. The minimum absolute atomic E-state index is 0.123. The predicted molar refractivity (Wildman–Crippen MR) is 59.4 cm³/mol. The number of carbonyl (C=O) groups excluding carboxylic acids is 1. The molecule has 1 amide bonds. The van der Waals surface area contributed by atoms with E-state index in [1.807, 2.05) is 11.8 Å². The van der Waals surface area contributed by atoms with Gasteiger partial charge >= 0.3 is 0 Å². The van der Waals surface area contributed by atoms with Gasteiger partial charge in [0.2, 0.25) is 0 Å². The highest BCUT2D eigenvalue weighted by Crippen LogP contribution is 2.17. The van der Waals surface area contributed by atoms with Crippen molar-refractivity contribution in [1.82, 2.24) is 4.90 Å². The third-order valence-electron chi connectivity index (χ3n) is 3.09. The lowest BCUT2D eigenvalue weighted by atomic mass is 9.98. The topological polar surface area (TPSA) is 55.6 Å². The monoisotopic (exact) mass is 214 g/mol. The van der Waals surface area contributed by atoms with Crippen molar-refractivity contribution in [3.63, 3.8) is 0 Å². The molecule has 0 aromatic rings. The van der Waals surface area contributed by atoms with Gasteiger partial charge in [-0.1, -0.05) is 6.92 Å². The van der Waals surface area contributed by atoms with Gasteiger partial charge in [0.15, 0.2) is 0 Å². The van der Waals surface area contributed by atoms with Crippen LogP contribution in [0.5, 0.6) is 0 Å². The minimum atomic E-state index is -0.276. The number of piperidine rings is 1. The van der Waals surface area contributed by atoms with Crippen LogP contribution in [0.25, 0.3) is 0 Å². The molecular formula is C11H22N2O2. The molecule has 0 bridgehead atoms. The van der Waals surface area contributed by atoms with Gasteiger partial charge in [0, 0.05) is 20.2 Å². The van der Waals surface area contributed by atoms with Crippen molar-refractivity contribution in [1.29, 1.82) is 0 Å². The van der Waals surface area contributed by atoms with Crippen molar-refractivity contribution in [2.24, 2.45) is 11.7 Å². The molecule has 88 valence electrons. The number of hydrogen-bond donors (Lipinski definition) is 1. The zero-order valence-corrected chi connectivity index (χ0v) is 9.74. The molecule has 15 heavy (non-hydrogen) atoms. The minimum Gasteiger partial charge on any atom is -0.372 e. The maximum Gasteiger partial charge on any atom is 0.251 e. The van der Waals surface area contributed by atoms with Crippen LogP contribution in [0.4, 0.5) is 0 Å². The third-order valence-corrected chi connectivity index (χ3v) is 3.09. The van der Waals surface area contributed by atoms with Gasteiger partial charge in [-0.2, -0.15) is 0 Å². The SMILES string of the molecule is CCC(OC)C(=O)N1CCCC(CN)C1. The van der Waals surface area contributed by atoms with Crippen LogP contribution in [-0.2, 0) is 9.53 Å². The fraction of sp³-hybridized carbons (Fsp3) is 0.909. The van der Waals surface area contributed by atoms with Gasteiger partial charge in [0.25, 0.3) is 5.91 Å². The standard InChI is InChI=1S/C11H22N2O2/c1-3-10(15-2)11(14)13-6-4-5-9(7-12)8-13/h9-10H,3-8,12H2,1-2H3. The average molecular weight is 214 g/mol. The Balaban J connectivity index is 2.51. The van der Waals surface area contributed by atoms with Gasteiger partial charge in [-0.3, -0.25) is 4.79 Å². The van der Waals surface area contributed by atoms with Crippen LogP contribution in [0.3, 0.4) is 0 Å². The molecule has 0 aliphatic carbocycles. The number of methoxy groups -OCH3 is 1. The summed E-state index contributed by atoms with van der Waals surface area (Å²) in [6.45, 7) is 4.30. The number of likely N-dealkylation sites (tertiary alicyclic amines) is 1. The summed E-state index contributed by atoms with van der Waals surface area (Å²) in [5, 5.41) is 0. The molecule has 1 aliphatic heterocycles. The van der Waals surface area contributed by atoms with E-state index in [1.54, 1.807) is 7.11 Å². The highest BCUT2D eigenvalue weighted by atomic mass is 16.5. The Hall–Kier alpha value is -0.610.